The fraction of sp³-hybridized carbons (Fsp3) is 0.424. The zero-order valence-corrected chi connectivity index (χ0v) is 24.1. The SMILES string of the molecule is C[C@H]1CN(Cc2cccc(-c3cc(CNC(=O)c4cccc(CN5CC[N+](C)(C)CC5)c4)ccc3F)c2)CCN1. The lowest BCUT2D eigenvalue weighted by molar-refractivity contribution is -0.894. The molecule has 40 heavy (non-hydrogen) atoms. The summed E-state index contributed by atoms with van der Waals surface area (Å²) in [5, 5.41) is 6.51. The minimum atomic E-state index is -0.254. The van der Waals surface area contributed by atoms with Gasteiger partial charge in [0.05, 0.1) is 27.2 Å². The molecule has 6 nitrogen and oxygen atoms in total. The summed E-state index contributed by atoms with van der Waals surface area (Å²) in [7, 11) is 4.55. The van der Waals surface area contributed by atoms with Gasteiger partial charge in [-0.05, 0) is 59.5 Å². The van der Waals surface area contributed by atoms with E-state index in [1.54, 1.807) is 6.07 Å². The van der Waals surface area contributed by atoms with Crippen molar-refractivity contribution in [2.45, 2.75) is 32.6 Å². The van der Waals surface area contributed by atoms with Crippen LogP contribution in [-0.4, -0.2) is 86.1 Å². The molecule has 0 bridgehead atoms. The highest BCUT2D eigenvalue weighted by atomic mass is 19.1. The monoisotopic (exact) mass is 544 g/mol. The molecule has 3 aromatic rings. The molecule has 2 aliphatic heterocycles. The number of carbonyl (C=O) groups excluding carboxylic acids is 1. The van der Waals surface area contributed by atoms with E-state index in [0.717, 1.165) is 80.1 Å². The number of piperazine rings is 2. The number of quaternary nitrogens is 1. The fourth-order valence-electron chi connectivity index (χ4n) is 5.71. The van der Waals surface area contributed by atoms with Gasteiger partial charge in [-0.3, -0.25) is 14.6 Å². The molecule has 0 aromatic heterocycles. The van der Waals surface area contributed by atoms with E-state index >= 15 is 0 Å². The summed E-state index contributed by atoms with van der Waals surface area (Å²) in [6.45, 7) is 11.7. The lowest BCUT2D eigenvalue weighted by Gasteiger charge is -2.39. The van der Waals surface area contributed by atoms with Gasteiger partial charge >= 0.3 is 0 Å². The Morgan fingerprint density at radius 1 is 0.925 bits per heavy atom. The Balaban J connectivity index is 1.21. The summed E-state index contributed by atoms with van der Waals surface area (Å²) in [6.07, 6.45) is 0. The van der Waals surface area contributed by atoms with Crippen molar-refractivity contribution in [1.29, 1.82) is 0 Å². The fourth-order valence-corrected chi connectivity index (χ4v) is 5.71. The maximum absolute atomic E-state index is 14.9. The maximum Gasteiger partial charge on any atom is 0.251 e. The summed E-state index contributed by atoms with van der Waals surface area (Å²) in [5.74, 6) is -0.368. The van der Waals surface area contributed by atoms with Crippen LogP contribution >= 0.6 is 0 Å². The Kier molecular flexibility index (Phi) is 8.96. The number of hydrogen-bond donors (Lipinski definition) is 2. The Bertz CT molecular complexity index is 1320. The van der Waals surface area contributed by atoms with Crippen molar-refractivity contribution < 1.29 is 13.7 Å². The van der Waals surface area contributed by atoms with Crippen molar-refractivity contribution in [1.82, 2.24) is 20.4 Å². The number of rotatable bonds is 8. The van der Waals surface area contributed by atoms with Crippen molar-refractivity contribution in [2.75, 3.05) is 59.9 Å². The molecule has 7 heteroatoms. The van der Waals surface area contributed by atoms with E-state index in [4.69, 9.17) is 0 Å². The third kappa shape index (κ3) is 7.55. The zero-order valence-electron chi connectivity index (χ0n) is 24.1. The first-order chi connectivity index (χ1) is 19.2. The first kappa shape index (κ1) is 28.4. The standard InChI is InChI=1S/C33H42FN5O/c1-25-22-38(13-12-35-25)24-27-6-4-8-29(18-27)31-20-26(10-11-32(31)34)21-36-33(40)30-9-5-7-28(19-30)23-37-14-16-39(2,3)17-15-37/h4-11,18-20,25,35H,12-17,21-24H2,1-3H3/p+1/t25-/m0/s1. The zero-order chi connectivity index (χ0) is 28.1. The van der Waals surface area contributed by atoms with Crippen molar-refractivity contribution >= 4 is 5.91 Å². The molecule has 5 rings (SSSR count). The average Bonchev–Trinajstić information content (AvgIpc) is 2.94. The van der Waals surface area contributed by atoms with Gasteiger partial charge in [0.2, 0.25) is 0 Å². The topological polar surface area (TPSA) is 47.6 Å². The number of amides is 1. The summed E-state index contributed by atoms with van der Waals surface area (Å²) >= 11 is 0. The van der Waals surface area contributed by atoms with Crippen LogP contribution in [0.2, 0.25) is 0 Å². The second kappa shape index (κ2) is 12.6. The van der Waals surface area contributed by atoms with Crippen LogP contribution in [0, 0.1) is 5.82 Å². The highest BCUT2D eigenvalue weighted by molar-refractivity contribution is 5.94. The smallest absolute Gasteiger partial charge is 0.251 e. The van der Waals surface area contributed by atoms with Gasteiger partial charge in [0.1, 0.15) is 5.82 Å². The number of benzene rings is 3. The lowest BCUT2D eigenvalue weighted by Crippen LogP contribution is -2.54. The molecule has 212 valence electrons. The largest absolute Gasteiger partial charge is 0.348 e. The molecule has 2 aliphatic rings. The third-order valence-electron chi connectivity index (χ3n) is 8.22. The van der Waals surface area contributed by atoms with Gasteiger partial charge in [0.15, 0.2) is 0 Å². The molecule has 0 aliphatic carbocycles. The molecule has 0 unspecified atom stereocenters. The normalized spacial score (nSPS) is 19.9. The number of nitrogens with one attached hydrogen (secondary N) is 2. The van der Waals surface area contributed by atoms with E-state index in [2.05, 4.69) is 59.7 Å². The molecule has 2 saturated heterocycles. The van der Waals surface area contributed by atoms with Crippen molar-refractivity contribution in [3.05, 3.63) is 94.8 Å². The Morgan fingerprint density at radius 3 is 2.42 bits per heavy atom. The average molecular weight is 545 g/mol. The molecule has 2 heterocycles. The van der Waals surface area contributed by atoms with Gasteiger partial charge in [-0.25, -0.2) is 4.39 Å². The second-order valence-electron chi connectivity index (χ2n) is 12.1. The van der Waals surface area contributed by atoms with Crippen molar-refractivity contribution in [3.8, 4) is 11.1 Å². The van der Waals surface area contributed by atoms with Gasteiger partial charge in [-0.15, -0.1) is 0 Å². The first-order valence-corrected chi connectivity index (χ1v) is 14.5. The summed E-state index contributed by atoms with van der Waals surface area (Å²) < 4.78 is 16.0. The minimum Gasteiger partial charge on any atom is -0.348 e. The summed E-state index contributed by atoms with van der Waals surface area (Å²) in [6, 6.07) is 21.6. The molecule has 1 atom stereocenters. The third-order valence-corrected chi connectivity index (χ3v) is 8.22. The molecular weight excluding hydrogens is 501 g/mol. The van der Waals surface area contributed by atoms with E-state index in [9.17, 15) is 9.18 Å². The van der Waals surface area contributed by atoms with Crippen molar-refractivity contribution in [2.24, 2.45) is 0 Å². The van der Waals surface area contributed by atoms with Gasteiger partial charge in [0.25, 0.3) is 5.91 Å². The molecular formula is C33H43FN5O+. The second-order valence-corrected chi connectivity index (χ2v) is 12.1. The molecule has 0 spiro atoms. The van der Waals surface area contributed by atoms with E-state index in [1.165, 1.54) is 11.6 Å². The molecule has 2 N–H and O–H groups in total. The highest BCUT2D eigenvalue weighted by Gasteiger charge is 2.24. The van der Waals surface area contributed by atoms with Gasteiger partial charge in [-0.1, -0.05) is 36.4 Å². The number of likely N-dealkylation sites (N-methyl/N-ethyl adjacent to an activating group) is 1. The summed E-state index contributed by atoms with van der Waals surface area (Å²) in [4.78, 5) is 17.9. The predicted molar refractivity (Wildman–Crippen MR) is 159 cm³/mol. The molecule has 3 aromatic carbocycles. The summed E-state index contributed by atoms with van der Waals surface area (Å²) in [5.41, 5.74) is 5.28. The molecule has 2 fully saturated rings. The van der Waals surface area contributed by atoms with Crippen LogP contribution in [0.4, 0.5) is 4.39 Å². The van der Waals surface area contributed by atoms with Crippen LogP contribution in [0.1, 0.15) is 34.0 Å². The minimum absolute atomic E-state index is 0.114. The molecule has 0 saturated carbocycles. The Hall–Kier alpha value is -3.10. The molecule has 0 radical (unpaired) electrons. The van der Waals surface area contributed by atoms with Crippen LogP contribution in [0.3, 0.4) is 0 Å². The van der Waals surface area contributed by atoms with Crippen LogP contribution < -0.4 is 10.6 Å². The number of nitrogens with zero attached hydrogens (tertiary/aromatic N) is 3. The van der Waals surface area contributed by atoms with E-state index in [0.29, 0.717) is 23.7 Å². The maximum atomic E-state index is 14.9. The number of halogens is 1. The Morgan fingerprint density at radius 2 is 1.65 bits per heavy atom. The quantitative estimate of drug-likeness (QED) is 0.419. The van der Waals surface area contributed by atoms with Crippen LogP contribution in [0.25, 0.3) is 11.1 Å². The van der Waals surface area contributed by atoms with Crippen LogP contribution in [0.5, 0.6) is 0 Å². The highest BCUT2D eigenvalue weighted by Crippen LogP contribution is 2.26. The first-order valence-electron chi connectivity index (χ1n) is 14.5. The number of carbonyl (C=O) groups is 1. The van der Waals surface area contributed by atoms with E-state index in [-0.39, 0.29) is 11.7 Å². The molecule has 1 amide bonds. The lowest BCUT2D eigenvalue weighted by atomic mass is 10.00. The van der Waals surface area contributed by atoms with E-state index in [1.807, 2.05) is 36.4 Å². The van der Waals surface area contributed by atoms with Crippen LogP contribution in [-0.2, 0) is 19.6 Å². The number of hydrogen-bond acceptors (Lipinski definition) is 4. The van der Waals surface area contributed by atoms with Gasteiger partial charge in [-0.2, -0.15) is 0 Å². The van der Waals surface area contributed by atoms with Crippen molar-refractivity contribution in [3.63, 3.8) is 0 Å². The van der Waals surface area contributed by atoms with Crippen LogP contribution in [0.15, 0.2) is 66.7 Å². The predicted octanol–water partition coefficient (Wildman–Crippen LogP) is 4.11. The van der Waals surface area contributed by atoms with Gasteiger partial charge in [0, 0.05) is 69.5 Å². The Labute approximate surface area is 238 Å². The van der Waals surface area contributed by atoms with E-state index < -0.39 is 0 Å². The van der Waals surface area contributed by atoms with Gasteiger partial charge < -0.3 is 15.1 Å².